The number of hydrogen-bond donors (Lipinski definition) is 1. The molecule has 1 aromatic rings. The Morgan fingerprint density at radius 1 is 1.22 bits per heavy atom. The molecule has 0 spiro atoms. The van der Waals surface area contributed by atoms with Crippen molar-refractivity contribution in [2.45, 2.75) is 31.7 Å². The van der Waals surface area contributed by atoms with Crippen molar-refractivity contribution >= 4 is 24.0 Å². The number of likely N-dealkylation sites (tertiary alicyclic amines) is 1. The lowest BCUT2D eigenvalue weighted by Gasteiger charge is -2.35. The molecular formula is C18H28ClN3O. The van der Waals surface area contributed by atoms with Crippen LogP contribution in [0.25, 0.3) is 0 Å². The maximum atomic E-state index is 12.7. The van der Waals surface area contributed by atoms with Gasteiger partial charge in [-0.15, -0.1) is 12.4 Å². The summed E-state index contributed by atoms with van der Waals surface area (Å²) < 4.78 is 0. The van der Waals surface area contributed by atoms with Crippen LogP contribution in [0.4, 0.5) is 5.69 Å². The van der Waals surface area contributed by atoms with Crippen LogP contribution in [-0.2, 0) is 0 Å². The molecule has 0 radical (unpaired) electrons. The largest absolute Gasteiger partial charge is 0.378 e. The Hall–Kier alpha value is -1.26. The lowest BCUT2D eigenvalue weighted by molar-refractivity contribution is 0.0674. The van der Waals surface area contributed by atoms with Gasteiger partial charge in [0.15, 0.2) is 0 Å². The van der Waals surface area contributed by atoms with E-state index in [1.165, 1.54) is 19.4 Å². The minimum Gasteiger partial charge on any atom is -0.378 e. The summed E-state index contributed by atoms with van der Waals surface area (Å²) in [5.74, 6) is 0.932. The Morgan fingerprint density at radius 2 is 1.96 bits per heavy atom. The van der Waals surface area contributed by atoms with Crippen molar-refractivity contribution < 1.29 is 4.79 Å². The molecule has 2 fully saturated rings. The number of rotatable bonds is 3. The first-order chi connectivity index (χ1) is 10.6. The minimum atomic E-state index is 0. The summed E-state index contributed by atoms with van der Waals surface area (Å²) in [6, 6.07) is 8.62. The van der Waals surface area contributed by atoms with Crippen LogP contribution in [0, 0.1) is 5.92 Å². The molecule has 3 rings (SSSR count). The molecule has 4 nitrogen and oxygen atoms in total. The molecule has 1 atom stereocenters. The predicted octanol–water partition coefficient (Wildman–Crippen LogP) is 2.78. The molecule has 0 aliphatic carbocycles. The van der Waals surface area contributed by atoms with E-state index in [4.69, 9.17) is 0 Å². The standard InChI is InChI=1S/C18H27N3O.ClH/c1-20(2)16-6-3-5-15(13-16)18(22)21-11-8-14(9-12-21)17-7-4-10-19-17;/h3,5-6,13-14,17,19H,4,7-12H2,1-2H3;1H. The van der Waals surface area contributed by atoms with Gasteiger partial charge >= 0.3 is 0 Å². The van der Waals surface area contributed by atoms with E-state index in [2.05, 4.69) is 5.32 Å². The molecule has 1 N–H and O–H groups in total. The van der Waals surface area contributed by atoms with Gasteiger partial charge in [0.05, 0.1) is 0 Å². The maximum absolute atomic E-state index is 12.7. The van der Waals surface area contributed by atoms with Crippen LogP contribution in [0.2, 0.25) is 0 Å². The van der Waals surface area contributed by atoms with Crippen molar-refractivity contribution in [2.24, 2.45) is 5.92 Å². The van der Waals surface area contributed by atoms with Crippen LogP contribution in [0.1, 0.15) is 36.0 Å². The quantitative estimate of drug-likeness (QED) is 0.921. The number of halogens is 1. The smallest absolute Gasteiger partial charge is 0.253 e. The zero-order valence-electron chi connectivity index (χ0n) is 14.1. The number of piperidine rings is 1. The van der Waals surface area contributed by atoms with Crippen molar-refractivity contribution in [1.29, 1.82) is 0 Å². The Labute approximate surface area is 145 Å². The highest BCUT2D eigenvalue weighted by molar-refractivity contribution is 5.95. The fourth-order valence-corrected chi connectivity index (χ4v) is 3.72. The van der Waals surface area contributed by atoms with Gasteiger partial charge in [-0.05, 0) is 56.3 Å². The van der Waals surface area contributed by atoms with E-state index < -0.39 is 0 Å². The van der Waals surface area contributed by atoms with Gasteiger partial charge in [-0.3, -0.25) is 4.79 Å². The molecule has 0 aromatic heterocycles. The average molecular weight is 338 g/mol. The second-order valence-corrected chi connectivity index (χ2v) is 6.78. The maximum Gasteiger partial charge on any atom is 0.253 e. The van der Waals surface area contributed by atoms with Crippen molar-refractivity contribution in [1.82, 2.24) is 10.2 Å². The summed E-state index contributed by atoms with van der Waals surface area (Å²) >= 11 is 0. The van der Waals surface area contributed by atoms with E-state index in [9.17, 15) is 4.79 Å². The molecular weight excluding hydrogens is 310 g/mol. The Balaban J connectivity index is 0.00000192. The molecule has 1 unspecified atom stereocenters. The number of anilines is 1. The number of benzene rings is 1. The lowest BCUT2D eigenvalue weighted by atomic mass is 9.88. The highest BCUT2D eigenvalue weighted by Gasteiger charge is 2.30. The Kier molecular flexibility index (Phi) is 6.31. The van der Waals surface area contributed by atoms with Gasteiger partial charge in [0.1, 0.15) is 0 Å². The van der Waals surface area contributed by atoms with Gasteiger partial charge in [-0.2, -0.15) is 0 Å². The average Bonchev–Trinajstić information content (AvgIpc) is 3.09. The van der Waals surface area contributed by atoms with Crippen LogP contribution >= 0.6 is 12.4 Å². The summed E-state index contributed by atoms with van der Waals surface area (Å²) in [6.07, 6.45) is 4.89. The fraction of sp³-hybridized carbons (Fsp3) is 0.611. The van der Waals surface area contributed by atoms with Gasteiger partial charge < -0.3 is 15.1 Å². The van der Waals surface area contributed by atoms with Crippen LogP contribution in [0.3, 0.4) is 0 Å². The molecule has 23 heavy (non-hydrogen) atoms. The van der Waals surface area contributed by atoms with Crippen molar-refractivity contribution in [3.8, 4) is 0 Å². The van der Waals surface area contributed by atoms with E-state index >= 15 is 0 Å². The summed E-state index contributed by atoms with van der Waals surface area (Å²) in [5.41, 5.74) is 1.89. The van der Waals surface area contributed by atoms with Crippen LogP contribution in [0.5, 0.6) is 0 Å². The first kappa shape index (κ1) is 18.1. The van der Waals surface area contributed by atoms with E-state index in [-0.39, 0.29) is 18.3 Å². The second-order valence-electron chi connectivity index (χ2n) is 6.78. The third kappa shape index (κ3) is 4.18. The van der Waals surface area contributed by atoms with Gasteiger partial charge in [0, 0.05) is 44.5 Å². The first-order valence-electron chi connectivity index (χ1n) is 8.45. The Morgan fingerprint density at radius 3 is 2.57 bits per heavy atom. The third-order valence-electron chi connectivity index (χ3n) is 5.10. The van der Waals surface area contributed by atoms with E-state index in [1.54, 1.807) is 0 Å². The molecule has 128 valence electrons. The Bertz CT molecular complexity index is 521. The predicted molar refractivity (Wildman–Crippen MR) is 97.7 cm³/mol. The van der Waals surface area contributed by atoms with Crippen LogP contribution in [-0.4, -0.2) is 50.6 Å². The van der Waals surface area contributed by atoms with Crippen molar-refractivity contribution in [3.05, 3.63) is 29.8 Å². The highest BCUT2D eigenvalue weighted by Crippen LogP contribution is 2.26. The number of hydrogen-bond acceptors (Lipinski definition) is 3. The second kappa shape index (κ2) is 8.02. The number of nitrogens with zero attached hydrogens (tertiary/aromatic N) is 2. The van der Waals surface area contributed by atoms with Crippen molar-refractivity contribution in [2.75, 3.05) is 38.6 Å². The van der Waals surface area contributed by atoms with E-state index in [0.29, 0.717) is 6.04 Å². The van der Waals surface area contributed by atoms with E-state index in [0.717, 1.165) is 43.1 Å². The highest BCUT2D eigenvalue weighted by atomic mass is 35.5. The summed E-state index contributed by atoms with van der Waals surface area (Å²) in [6.45, 7) is 2.96. The van der Waals surface area contributed by atoms with Crippen LogP contribution in [0.15, 0.2) is 24.3 Å². The van der Waals surface area contributed by atoms with E-state index in [1.807, 2.05) is 48.2 Å². The van der Waals surface area contributed by atoms with Gasteiger partial charge in [-0.25, -0.2) is 0 Å². The minimum absolute atomic E-state index is 0. The number of amides is 1. The third-order valence-corrected chi connectivity index (χ3v) is 5.10. The topological polar surface area (TPSA) is 35.6 Å². The normalized spacial score (nSPS) is 21.8. The molecule has 0 saturated carbocycles. The summed E-state index contributed by atoms with van der Waals surface area (Å²) in [5, 5.41) is 3.61. The molecule has 2 saturated heterocycles. The van der Waals surface area contributed by atoms with Crippen molar-refractivity contribution in [3.63, 3.8) is 0 Å². The summed E-state index contributed by atoms with van der Waals surface area (Å²) in [7, 11) is 4.01. The first-order valence-corrected chi connectivity index (χ1v) is 8.45. The van der Waals surface area contributed by atoms with Gasteiger partial charge in [-0.1, -0.05) is 6.07 Å². The molecule has 1 aromatic carbocycles. The SMILES string of the molecule is CN(C)c1cccc(C(=O)N2CCC(C3CCCN3)CC2)c1.Cl. The number of carbonyl (C=O) groups excluding carboxylic acids is 1. The zero-order valence-corrected chi connectivity index (χ0v) is 14.9. The number of nitrogens with one attached hydrogen (secondary N) is 1. The zero-order chi connectivity index (χ0) is 15.5. The summed E-state index contributed by atoms with van der Waals surface area (Å²) in [4.78, 5) is 16.8. The van der Waals surface area contributed by atoms with Gasteiger partial charge in [0.25, 0.3) is 5.91 Å². The molecule has 2 heterocycles. The number of carbonyl (C=O) groups is 1. The molecule has 2 aliphatic heterocycles. The molecule has 1 amide bonds. The lowest BCUT2D eigenvalue weighted by Crippen LogP contribution is -2.43. The molecule has 5 heteroatoms. The van der Waals surface area contributed by atoms with Gasteiger partial charge in [0.2, 0.25) is 0 Å². The fourth-order valence-electron chi connectivity index (χ4n) is 3.72. The molecule has 2 aliphatic rings. The van der Waals surface area contributed by atoms with Crippen LogP contribution < -0.4 is 10.2 Å². The monoisotopic (exact) mass is 337 g/mol. The molecule has 0 bridgehead atoms.